The third-order valence-electron chi connectivity index (χ3n) is 8.10. The number of carbonyl (C=O) groups excluding carboxylic acids is 4. The van der Waals surface area contributed by atoms with Gasteiger partial charge in [-0.1, -0.05) is 30.3 Å². The van der Waals surface area contributed by atoms with E-state index >= 15 is 0 Å². The molecule has 40 heavy (non-hydrogen) atoms. The lowest BCUT2D eigenvalue weighted by molar-refractivity contribution is -0.136. The fourth-order valence-electron chi connectivity index (χ4n) is 5.90. The minimum absolute atomic E-state index is 0.0834. The van der Waals surface area contributed by atoms with Gasteiger partial charge >= 0.3 is 0 Å². The number of nitrogens with zero attached hydrogens (tertiary/aromatic N) is 3. The molecule has 2 fully saturated rings. The van der Waals surface area contributed by atoms with Gasteiger partial charge in [-0.3, -0.25) is 29.6 Å². The summed E-state index contributed by atoms with van der Waals surface area (Å²) in [5, 5.41) is 9.72. The molecule has 1 aromatic heterocycles. The molecule has 0 saturated carbocycles. The van der Waals surface area contributed by atoms with Crippen LogP contribution in [-0.2, 0) is 16.1 Å². The lowest BCUT2D eigenvalue weighted by Gasteiger charge is -2.35. The van der Waals surface area contributed by atoms with E-state index < -0.39 is 11.9 Å². The molecule has 0 radical (unpaired) electrons. The van der Waals surface area contributed by atoms with Crippen molar-refractivity contribution in [3.8, 4) is 17.0 Å². The first-order chi connectivity index (χ1) is 19.4. The van der Waals surface area contributed by atoms with Gasteiger partial charge in [0, 0.05) is 36.2 Å². The van der Waals surface area contributed by atoms with Crippen molar-refractivity contribution < 1.29 is 23.9 Å². The summed E-state index contributed by atoms with van der Waals surface area (Å²) in [6.07, 6.45) is 3.30. The molecule has 10 nitrogen and oxygen atoms in total. The molecule has 3 aliphatic heterocycles. The highest BCUT2D eigenvalue weighted by molar-refractivity contribution is 6.05. The van der Waals surface area contributed by atoms with Crippen LogP contribution < -0.4 is 10.1 Å². The number of aromatic nitrogens is 2. The van der Waals surface area contributed by atoms with Crippen LogP contribution in [-0.4, -0.2) is 68.9 Å². The van der Waals surface area contributed by atoms with E-state index in [-0.39, 0.29) is 36.7 Å². The third kappa shape index (κ3) is 4.74. The molecule has 3 aliphatic rings. The van der Waals surface area contributed by atoms with Gasteiger partial charge in [0.2, 0.25) is 11.8 Å². The normalized spacial score (nSPS) is 20.9. The van der Waals surface area contributed by atoms with Crippen molar-refractivity contribution in [2.45, 2.75) is 57.7 Å². The van der Waals surface area contributed by atoms with E-state index in [1.165, 1.54) is 4.90 Å². The van der Waals surface area contributed by atoms with Gasteiger partial charge in [-0.15, -0.1) is 0 Å². The van der Waals surface area contributed by atoms with Crippen LogP contribution in [0.5, 0.6) is 5.75 Å². The van der Waals surface area contributed by atoms with Crippen LogP contribution in [0.1, 0.15) is 64.1 Å². The van der Waals surface area contributed by atoms with Crippen molar-refractivity contribution in [2.24, 2.45) is 0 Å². The predicted octanol–water partition coefficient (Wildman–Crippen LogP) is 3.22. The first-order valence-corrected chi connectivity index (χ1v) is 13.7. The summed E-state index contributed by atoms with van der Waals surface area (Å²) in [6.45, 7) is 3.17. The Morgan fingerprint density at radius 2 is 1.90 bits per heavy atom. The first-order valence-electron chi connectivity index (χ1n) is 13.7. The first kappa shape index (κ1) is 25.8. The summed E-state index contributed by atoms with van der Waals surface area (Å²) in [7, 11) is 0. The molecule has 0 spiro atoms. The molecular formula is C30H31N5O5. The molecule has 4 amide bonds. The quantitative estimate of drug-likeness (QED) is 0.462. The number of likely N-dealkylation sites (tertiary alicyclic amines) is 1. The van der Waals surface area contributed by atoms with Gasteiger partial charge in [0.25, 0.3) is 11.8 Å². The van der Waals surface area contributed by atoms with E-state index in [4.69, 9.17) is 4.74 Å². The number of rotatable bonds is 6. The number of H-pyrrole nitrogens is 1. The van der Waals surface area contributed by atoms with E-state index in [1.807, 2.05) is 48.2 Å². The molecule has 0 aliphatic carbocycles. The third-order valence-corrected chi connectivity index (χ3v) is 8.10. The zero-order valence-corrected chi connectivity index (χ0v) is 22.3. The topological polar surface area (TPSA) is 125 Å². The highest BCUT2D eigenvalue weighted by Crippen LogP contribution is 2.31. The highest BCUT2D eigenvalue weighted by Gasteiger charge is 2.39. The van der Waals surface area contributed by atoms with Crippen LogP contribution in [0.3, 0.4) is 0 Å². The maximum absolute atomic E-state index is 13.6. The van der Waals surface area contributed by atoms with Crippen LogP contribution in [0, 0.1) is 6.92 Å². The minimum Gasteiger partial charge on any atom is -0.491 e. The van der Waals surface area contributed by atoms with Crippen LogP contribution in [0.25, 0.3) is 11.3 Å². The number of carbonyl (C=O) groups is 4. The summed E-state index contributed by atoms with van der Waals surface area (Å²) in [5.41, 5.74) is 4.37. The second kappa shape index (κ2) is 10.6. The summed E-state index contributed by atoms with van der Waals surface area (Å²) in [5.74, 6) is -0.432. The maximum atomic E-state index is 13.6. The van der Waals surface area contributed by atoms with Crippen molar-refractivity contribution in [1.29, 1.82) is 0 Å². The molecule has 1 unspecified atom stereocenters. The number of piperidine rings is 2. The van der Waals surface area contributed by atoms with Crippen molar-refractivity contribution in [2.75, 3.05) is 13.2 Å². The second-order valence-corrected chi connectivity index (χ2v) is 10.6. The van der Waals surface area contributed by atoms with E-state index in [0.717, 1.165) is 41.6 Å². The summed E-state index contributed by atoms with van der Waals surface area (Å²) >= 11 is 0. The number of amides is 4. The fraction of sp³-hybridized carbons (Fsp3) is 0.367. The molecule has 3 aromatic rings. The molecule has 206 valence electrons. The fourth-order valence-corrected chi connectivity index (χ4v) is 5.90. The highest BCUT2D eigenvalue weighted by atomic mass is 16.5. The molecule has 4 heterocycles. The lowest BCUT2D eigenvalue weighted by atomic mass is 10.0. The number of ether oxygens (including phenoxy) is 1. The predicted molar refractivity (Wildman–Crippen MR) is 145 cm³/mol. The molecule has 2 saturated heterocycles. The number of hydrogen-bond acceptors (Lipinski definition) is 6. The van der Waals surface area contributed by atoms with Crippen LogP contribution in [0.2, 0.25) is 0 Å². The van der Waals surface area contributed by atoms with Gasteiger partial charge in [-0.05, 0) is 56.4 Å². The maximum Gasteiger partial charge on any atom is 0.272 e. The summed E-state index contributed by atoms with van der Waals surface area (Å²) < 4.78 is 6.17. The Morgan fingerprint density at radius 3 is 2.70 bits per heavy atom. The van der Waals surface area contributed by atoms with Gasteiger partial charge in [-0.2, -0.15) is 5.10 Å². The van der Waals surface area contributed by atoms with E-state index in [2.05, 4.69) is 15.5 Å². The zero-order chi connectivity index (χ0) is 27.8. The van der Waals surface area contributed by atoms with Crippen molar-refractivity contribution in [3.63, 3.8) is 0 Å². The van der Waals surface area contributed by atoms with Crippen molar-refractivity contribution in [1.82, 2.24) is 25.3 Å². The summed E-state index contributed by atoms with van der Waals surface area (Å²) in [4.78, 5) is 53.8. The Bertz CT molecular complexity index is 1480. The zero-order valence-electron chi connectivity index (χ0n) is 22.3. The number of aromatic amines is 1. The Hall–Kier alpha value is -4.47. The monoisotopic (exact) mass is 541 g/mol. The SMILES string of the molecule is Cc1c(-c2ccccc2)n[nH]c1C(=O)N1CCCC[C@H]1COc1ccc2c(c1)CN(C1CCC(=O)NC1=O)C2=O. The molecule has 2 atom stereocenters. The Labute approximate surface area is 231 Å². The minimum atomic E-state index is -0.655. The standard InChI is InChI=1S/C30H31N5O5/c1-18-26(19-7-3-2-4-8-19)32-33-27(18)30(39)34-14-6-5-9-21(34)17-40-22-10-11-23-20(15-22)16-35(29(23)38)24-12-13-25(36)31-28(24)37/h2-4,7-8,10-11,15,21,24H,5-6,9,12-14,16-17H2,1H3,(H,32,33)(H,31,36,37)/t21-,24?/m0/s1. The van der Waals surface area contributed by atoms with E-state index in [1.54, 1.807) is 12.1 Å². The average Bonchev–Trinajstić information content (AvgIpc) is 3.51. The molecule has 2 aromatic carbocycles. The average molecular weight is 542 g/mol. The second-order valence-electron chi connectivity index (χ2n) is 10.6. The van der Waals surface area contributed by atoms with Crippen molar-refractivity contribution in [3.05, 3.63) is 70.9 Å². The van der Waals surface area contributed by atoms with Gasteiger partial charge in [0.15, 0.2) is 0 Å². The largest absolute Gasteiger partial charge is 0.491 e. The number of fused-ring (bicyclic) bond motifs is 1. The van der Waals surface area contributed by atoms with Crippen molar-refractivity contribution >= 4 is 23.6 Å². The Morgan fingerprint density at radius 1 is 1.07 bits per heavy atom. The van der Waals surface area contributed by atoms with Gasteiger partial charge in [0.05, 0.1) is 11.7 Å². The molecular weight excluding hydrogens is 510 g/mol. The molecule has 6 rings (SSSR count). The lowest BCUT2D eigenvalue weighted by Crippen LogP contribution is -2.52. The molecule has 0 bridgehead atoms. The number of benzene rings is 2. The van der Waals surface area contributed by atoms with E-state index in [0.29, 0.717) is 36.6 Å². The van der Waals surface area contributed by atoms with Crippen LogP contribution >= 0.6 is 0 Å². The Balaban J connectivity index is 1.13. The van der Waals surface area contributed by atoms with Gasteiger partial charge in [0.1, 0.15) is 24.1 Å². The molecule has 10 heteroatoms. The van der Waals surface area contributed by atoms with Crippen LogP contribution in [0.15, 0.2) is 48.5 Å². The smallest absolute Gasteiger partial charge is 0.272 e. The summed E-state index contributed by atoms with van der Waals surface area (Å²) in [6, 6.07) is 14.4. The number of hydrogen-bond donors (Lipinski definition) is 2. The van der Waals surface area contributed by atoms with Gasteiger partial charge in [-0.25, -0.2) is 0 Å². The van der Waals surface area contributed by atoms with E-state index in [9.17, 15) is 19.2 Å². The number of nitrogens with one attached hydrogen (secondary N) is 2. The van der Waals surface area contributed by atoms with Gasteiger partial charge < -0.3 is 14.5 Å². The molecule has 2 N–H and O–H groups in total. The van der Waals surface area contributed by atoms with Crippen LogP contribution in [0.4, 0.5) is 0 Å². The Kier molecular flexibility index (Phi) is 6.83. The number of imide groups is 1.